The van der Waals surface area contributed by atoms with Crippen molar-refractivity contribution in [2.45, 2.75) is 19.1 Å². The number of urea groups is 1. The van der Waals surface area contributed by atoms with Gasteiger partial charge in [0.05, 0.1) is 18.3 Å². The first-order valence-corrected chi connectivity index (χ1v) is 5.73. The molecule has 0 fully saturated rings. The summed E-state index contributed by atoms with van der Waals surface area (Å²) in [6.45, 7) is 3.34. The van der Waals surface area contributed by atoms with Crippen molar-refractivity contribution in [1.29, 1.82) is 0 Å². The smallest absolute Gasteiger partial charge is 0.318 e. The molecular formula is C9H16N2O4S. The van der Waals surface area contributed by atoms with Gasteiger partial charge in [0.15, 0.2) is 0 Å². The summed E-state index contributed by atoms with van der Waals surface area (Å²) in [5, 5.41) is 1.53. The molecule has 0 aromatic heterocycles. The first-order chi connectivity index (χ1) is 7.38. The first kappa shape index (κ1) is 14.8. The lowest BCUT2D eigenvalue weighted by atomic mass is 10.2. The Bertz CT molecular complexity index is 283. The van der Waals surface area contributed by atoms with Crippen molar-refractivity contribution >= 4 is 29.7 Å². The van der Waals surface area contributed by atoms with Crippen LogP contribution in [0.3, 0.4) is 0 Å². The summed E-state index contributed by atoms with van der Waals surface area (Å²) < 4.78 is 4.54. The third-order valence-electron chi connectivity index (χ3n) is 1.82. The molecule has 0 aromatic rings. The van der Waals surface area contributed by atoms with E-state index < -0.39 is 17.2 Å². The van der Waals surface area contributed by atoms with E-state index in [1.54, 1.807) is 13.8 Å². The third kappa shape index (κ3) is 5.59. The second kappa shape index (κ2) is 7.10. The van der Waals surface area contributed by atoms with Gasteiger partial charge in [-0.25, -0.2) is 4.79 Å². The molecule has 0 bridgehead atoms. The summed E-state index contributed by atoms with van der Waals surface area (Å²) >= 11 is 1.26. The molecule has 3 N–H and O–H groups in total. The summed E-state index contributed by atoms with van der Waals surface area (Å²) in [4.78, 5) is 32.7. The largest absolute Gasteiger partial charge is 0.469 e. The summed E-state index contributed by atoms with van der Waals surface area (Å²) in [5.74, 6) is -0.636. The van der Waals surface area contributed by atoms with E-state index in [1.165, 1.54) is 18.9 Å². The van der Waals surface area contributed by atoms with Gasteiger partial charge in [-0.1, -0.05) is 6.92 Å². The highest BCUT2D eigenvalue weighted by atomic mass is 32.2. The average molecular weight is 248 g/mol. The highest BCUT2D eigenvalue weighted by Gasteiger charge is 2.19. The number of amides is 3. The predicted octanol–water partition coefficient (Wildman–Crippen LogP) is 0.112. The molecule has 0 aromatic carbocycles. The number of carbonyl (C=O) groups excluding carboxylic acids is 3. The number of nitrogens with two attached hydrogens (primary N) is 1. The maximum Gasteiger partial charge on any atom is 0.318 e. The Labute approximate surface area is 98.3 Å². The number of rotatable bonds is 5. The summed E-state index contributed by atoms with van der Waals surface area (Å²) in [7, 11) is 1.31. The van der Waals surface area contributed by atoms with Crippen LogP contribution < -0.4 is 11.1 Å². The fraction of sp³-hybridized carbons (Fsp3) is 0.667. The van der Waals surface area contributed by atoms with Gasteiger partial charge in [-0.2, -0.15) is 0 Å². The molecule has 0 heterocycles. The number of ether oxygens (including phenoxy) is 1. The van der Waals surface area contributed by atoms with Crippen molar-refractivity contribution in [3.05, 3.63) is 0 Å². The second-order valence-corrected chi connectivity index (χ2v) is 4.63. The van der Waals surface area contributed by atoms with Gasteiger partial charge in [-0.05, 0) is 6.92 Å². The molecule has 0 rings (SSSR count). The Balaban J connectivity index is 3.97. The topological polar surface area (TPSA) is 98.5 Å². The van der Waals surface area contributed by atoms with E-state index in [9.17, 15) is 14.4 Å². The van der Waals surface area contributed by atoms with E-state index in [0.29, 0.717) is 5.75 Å². The summed E-state index contributed by atoms with van der Waals surface area (Å²) in [6.07, 6.45) is 0. The molecule has 0 saturated heterocycles. The lowest BCUT2D eigenvalue weighted by Crippen LogP contribution is -2.39. The van der Waals surface area contributed by atoms with Crippen molar-refractivity contribution in [1.82, 2.24) is 5.32 Å². The minimum atomic E-state index is -0.876. The van der Waals surface area contributed by atoms with Gasteiger partial charge in [0.2, 0.25) is 5.91 Å². The Morgan fingerprint density at radius 3 is 2.38 bits per heavy atom. The lowest BCUT2D eigenvalue weighted by Gasteiger charge is -2.12. The number of carbonyl (C=O) groups is 3. The molecule has 0 aliphatic carbocycles. The fourth-order valence-corrected chi connectivity index (χ4v) is 1.78. The number of methoxy groups -OCH3 is 1. The van der Waals surface area contributed by atoms with Crippen molar-refractivity contribution in [3.63, 3.8) is 0 Å². The molecule has 2 unspecified atom stereocenters. The maximum atomic E-state index is 11.3. The molecule has 6 nitrogen and oxygen atoms in total. The van der Waals surface area contributed by atoms with Crippen LogP contribution in [0.2, 0.25) is 0 Å². The molecule has 3 amide bonds. The minimum absolute atomic E-state index is 0.293. The van der Waals surface area contributed by atoms with E-state index in [1.807, 2.05) is 5.32 Å². The molecular weight excluding hydrogens is 232 g/mol. The Hall–Kier alpha value is -1.24. The van der Waals surface area contributed by atoms with Gasteiger partial charge in [0.25, 0.3) is 0 Å². The van der Waals surface area contributed by atoms with Crippen LogP contribution in [0.15, 0.2) is 0 Å². The number of hydrogen-bond donors (Lipinski definition) is 2. The number of nitrogens with one attached hydrogen (secondary N) is 1. The van der Waals surface area contributed by atoms with Gasteiger partial charge in [-0.3, -0.25) is 14.9 Å². The van der Waals surface area contributed by atoms with E-state index >= 15 is 0 Å². The lowest BCUT2D eigenvalue weighted by molar-refractivity contribution is -0.144. The summed E-state index contributed by atoms with van der Waals surface area (Å²) in [6, 6.07) is -0.876. The number of esters is 1. The molecule has 0 aliphatic heterocycles. The van der Waals surface area contributed by atoms with Crippen LogP contribution in [0.25, 0.3) is 0 Å². The zero-order valence-corrected chi connectivity index (χ0v) is 10.3. The van der Waals surface area contributed by atoms with Crippen molar-refractivity contribution in [2.24, 2.45) is 11.7 Å². The maximum absolute atomic E-state index is 11.3. The normalized spacial score (nSPS) is 13.7. The summed E-state index contributed by atoms with van der Waals surface area (Å²) in [5.41, 5.74) is 4.80. The van der Waals surface area contributed by atoms with Gasteiger partial charge < -0.3 is 10.5 Å². The van der Waals surface area contributed by atoms with E-state index in [4.69, 9.17) is 5.73 Å². The number of imide groups is 1. The predicted molar refractivity (Wildman–Crippen MR) is 60.8 cm³/mol. The molecule has 7 heteroatoms. The van der Waals surface area contributed by atoms with Gasteiger partial charge in [-0.15, -0.1) is 11.8 Å². The minimum Gasteiger partial charge on any atom is -0.469 e. The van der Waals surface area contributed by atoms with Crippen LogP contribution in [0.1, 0.15) is 13.8 Å². The van der Waals surface area contributed by atoms with E-state index in [-0.39, 0.29) is 11.9 Å². The van der Waals surface area contributed by atoms with Crippen molar-refractivity contribution in [2.75, 3.05) is 12.9 Å². The monoisotopic (exact) mass is 248 g/mol. The van der Waals surface area contributed by atoms with Gasteiger partial charge in [0, 0.05) is 5.75 Å². The molecule has 0 saturated carbocycles. The van der Waals surface area contributed by atoms with Crippen LogP contribution in [0.4, 0.5) is 4.79 Å². The highest BCUT2D eigenvalue weighted by molar-refractivity contribution is 8.00. The number of thioether (sulfide) groups is 1. The standard InChI is InChI=1S/C9H16N2O4S/c1-5(8(13)15-3)4-16-6(2)7(12)11-9(10)14/h5-6H,4H2,1-3H3,(H3,10,11,12,14). The fourth-order valence-electron chi connectivity index (χ4n) is 0.857. The van der Waals surface area contributed by atoms with Crippen LogP contribution in [0, 0.1) is 5.92 Å². The van der Waals surface area contributed by atoms with Gasteiger partial charge in [0.1, 0.15) is 0 Å². The average Bonchev–Trinajstić information content (AvgIpc) is 2.23. The zero-order chi connectivity index (χ0) is 12.7. The Morgan fingerprint density at radius 1 is 1.38 bits per heavy atom. The van der Waals surface area contributed by atoms with Crippen LogP contribution >= 0.6 is 11.8 Å². The molecule has 0 aliphatic rings. The zero-order valence-electron chi connectivity index (χ0n) is 9.48. The van der Waals surface area contributed by atoms with Crippen LogP contribution in [-0.2, 0) is 14.3 Å². The SMILES string of the molecule is COC(=O)C(C)CSC(C)C(=O)NC(N)=O. The first-order valence-electron chi connectivity index (χ1n) is 4.68. The Kier molecular flexibility index (Phi) is 6.55. The molecule has 2 atom stereocenters. The van der Waals surface area contributed by atoms with E-state index in [2.05, 4.69) is 4.74 Å². The van der Waals surface area contributed by atoms with Crippen LogP contribution in [0.5, 0.6) is 0 Å². The molecule has 92 valence electrons. The van der Waals surface area contributed by atoms with Crippen molar-refractivity contribution < 1.29 is 19.1 Å². The quantitative estimate of drug-likeness (QED) is 0.673. The Morgan fingerprint density at radius 2 is 1.94 bits per heavy atom. The van der Waals surface area contributed by atoms with E-state index in [0.717, 1.165) is 0 Å². The molecule has 0 radical (unpaired) electrons. The second-order valence-electron chi connectivity index (χ2n) is 3.25. The third-order valence-corrected chi connectivity index (χ3v) is 3.22. The number of hydrogen-bond acceptors (Lipinski definition) is 5. The van der Waals surface area contributed by atoms with Crippen molar-refractivity contribution in [3.8, 4) is 0 Å². The highest BCUT2D eigenvalue weighted by Crippen LogP contribution is 2.15. The van der Waals surface area contributed by atoms with Crippen LogP contribution in [-0.4, -0.2) is 36.0 Å². The van der Waals surface area contributed by atoms with Gasteiger partial charge >= 0.3 is 12.0 Å². The molecule has 16 heavy (non-hydrogen) atoms. The number of primary amides is 1. The molecule has 0 spiro atoms.